The van der Waals surface area contributed by atoms with Gasteiger partial charge in [-0.25, -0.2) is 4.98 Å². The first kappa shape index (κ1) is 44.4. The Labute approximate surface area is 352 Å². The molecule has 6 rings (SSSR count). The number of methoxy groups -OCH3 is 1. The van der Waals surface area contributed by atoms with Crippen LogP contribution in [-0.4, -0.2) is 75.3 Å². The minimum atomic E-state index is -1.99. The van der Waals surface area contributed by atoms with Crippen LogP contribution >= 0.6 is 11.3 Å². The number of allylic oxidation sites excluding steroid dienone is 2. The molecule has 0 aliphatic carbocycles. The normalized spacial score (nSPS) is 29.9. The molecule has 0 unspecified atom stereocenters. The summed E-state index contributed by atoms with van der Waals surface area (Å²) < 4.78 is 24.9. The molecule has 2 aliphatic rings. The number of Topliss-reactive ketones (excluding diaryl/α,β-unsaturated/α-hetero) is 1. The Morgan fingerprint density at radius 3 is 2.35 bits per heavy atom. The zero-order chi connectivity index (χ0) is 44.1. The third-order valence-electron chi connectivity index (χ3n) is 12.0. The van der Waals surface area contributed by atoms with Crippen molar-refractivity contribution in [2.45, 2.75) is 105 Å². The van der Waals surface area contributed by atoms with Gasteiger partial charge in [0, 0.05) is 61.2 Å². The van der Waals surface area contributed by atoms with Gasteiger partial charge in [0.1, 0.15) is 17.5 Å². The standard InChI is InChI=1S/C46H54N2O11S/c1-20(2)28-15-16-29-31(19-28)60-43-35(47-29)32-33-39(52)26(8)42-34(32)44(54)46(10,59-42)57-18-17-30(56-11)23(5)41(58-27(9)49)25(7)38(51)24(6)37(50)21(3)13-12-14-22(4)45(55)48-36(43)40(33)53/h12-21,23-25,30,37-38,41,50-51,53H,1-11H3,(H,48,55)/b13-12+,18-17+,22-14-/t21-,23+,24+,25+,30-,37-,38+,41+,46-/m0/s1. The van der Waals surface area contributed by atoms with Gasteiger partial charge in [-0.3, -0.25) is 19.2 Å². The van der Waals surface area contributed by atoms with Gasteiger partial charge >= 0.3 is 11.8 Å². The quantitative estimate of drug-likeness (QED) is 0.0685. The summed E-state index contributed by atoms with van der Waals surface area (Å²) in [5.74, 6) is -6.56. The second-order valence-corrected chi connectivity index (χ2v) is 17.7. The van der Waals surface area contributed by atoms with Crippen LogP contribution in [0.2, 0.25) is 0 Å². The molecule has 0 spiro atoms. The highest BCUT2D eigenvalue weighted by molar-refractivity contribution is 7.25. The zero-order valence-electron chi connectivity index (χ0n) is 35.8. The summed E-state index contributed by atoms with van der Waals surface area (Å²) in [6.07, 6.45) is 3.85. The number of amides is 1. The number of phenolic OH excluding ortho intramolecular Hbond substituents is 1. The maximum Gasteiger partial charge on any atom is 0.312 e. The van der Waals surface area contributed by atoms with Gasteiger partial charge < -0.3 is 39.6 Å². The van der Waals surface area contributed by atoms with E-state index < -0.39 is 82.7 Å². The third-order valence-corrected chi connectivity index (χ3v) is 13.2. The number of hydrogen-bond acceptors (Lipinski definition) is 13. The molecular weight excluding hydrogens is 789 g/mol. The molecule has 4 bridgehead atoms. The summed E-state index contributed by atoms with van der Waals surface area (Å²) in [5.41, 5.74) is 1.41. The molecule has 4 aromatic rings. The van der Waals surface area contributed by atoms with Crippen LogP contribution in [0.5, 0.6) is 11.5 Å². The van der Waals surface area contributed by atoms with Crippen molar-refractivity contribution in [3.63, 3.8) is 0 Å². The fourth-order valence-corrected chi connectivity index (χ4v) is 9.31. The van der Waals surface area contributed by atoms with Gasteiger partial charge in [-0.2, -0.15) is 0 Å². The molecule has 2 aliphatic heterocycles. The molecule has 14 heteroatoms. The molecule has 0 saturated heterocycles. The van der Waals surface area contributed by atoms with Crippen LogP contribution in [0.15, 0.2) is 59.1 Å². The number of esters is 1. The van der Waals surface area contributed by atoms with Crippen LogP contribution in [0.3, 0.4) is 0 Å². The highest BCUT2D eigenvalue weighted by Crippen LogP contribution is 2.49. The summed E-state index contributed by atoms with van der Waals surface area (Å²) in [6.45, 7) is 16.9. The first-order chi connectivity index (χ1) is 28.2. The minimum absolute atomic E-state index is 0.00970. The number of nitrogens with one attached hydrogen (secondary N) is 1. The van der Waals surface area contributed by atoms with Crippen LogP contribution in [0.1, 0.15) is 89.7 Å². The molecule has 1 amide bonds. The molecule has 3 heterocycles. The van der Waals surface area contributed by atoms with Gasteiger partial charge in [0.2, 0.25) is 0 Å². The van der Waals surface area contributed by atoms with Gasteiger partial charge in [-0.05, 0) is 43.5 Å². The lowest BCUT2D eigenvalue weighted by atomic mass is 9.78. The Hall–Kier alpha value is -5.15. The van der Waals surface area contributed by atoms with E-state index in [2.05, 4.69) is 19.2 Å². The van der Waals surface area contributed by atoms with E-state index in [1.54, 1.807) is 52.8 Å². The van der Waals surface area contributed by atoms with Crippen molar-refractivity contribution in [1.82, 2.24) is 4.98 Å². The Balaban J connectivity index is 1.60. The number of nitrogens with zero attached hydrogens (tertiary/aromatic N) is 1. The number of phenols is 1. The van der Waals surface area contributed by atoms with Crippen LogP contribution < -0.4 is 15.5 Å². The highest BCUT2D eigenvalue weighted by Gasteiger charge is 2.49. The number of ether oxygens (including phenoxy) is 4. The number of rotatable bonds is 3. The second kappa shape index (κ2) is 17.1. The van der Waals surface area contributed by atoms with E-state index in [4.69, 9.17) is 23.9 Å². The Morgan fingerprint density at radius 2 is 1.70 bits per heavy atom. The average molecular weight is 843 g/mol. The van der Waals surface area contributed by atoms with Crippen molar-refractivity contribution in [2.75, 3.05) is 12.4 Å². The van der Waals surface area contributed by atoms with Gasteiger partial charge in [0.15, 0.2) is 11.2 Å². The monoisotopic (exact) mass is 842 g/mol. The van der Waals surface area contributed by atoms with Crippen LogP contribution in [0, 0.1) is 30.6 Å². The predicted molar refractivity (Wildman–Crippen MR) is 232 cm³/mol. The van der Waals surface area contributed by atoms with E-state index in [0.29, 0.717) is 10.2 Å². The number of aliphatic hydroxyl groups excluding tert-OH is 2. The second-order valence-electron chi connectivity index (χ2n) is 16.6. The lowest BCUT2D eigenvalue weighted by molar-refractivity contribution is -0.160. The van der Waals surface area contributed by atoms with Crippen molar-refractivity contribution in [1.29, 1.82) is 0 Å². The third kappa shape index (κ3) is 7.93. The van der Waals surface area contributed by atoms with Crippen molar-refractivity contribution >= 4 is 65.9 Å². The Kier molecular flexibility index (Phi) is 12.6. The molecule has 4 N–H and O–H groups in total. The maximum atomic E-state index is 14.7. The van der Waals surface area contributed by atoms with Crippen LogP contribution in [0.25, 0.3) is 31.2 Å². The maximum absolute atomic E-state index is 14.7. The summed E-state index contributed by atoms with van der Waals surface area (Å²) in [4.78, 5) is 60.2. The molecule has 0 fully saturated rings. The van der Waals surface area contributed by atoms with Gasteiger partial charge in [0.25, 0.3) is 11.7 Å². The van der Waals surface area contributed by atoms with Crippen molar-refractivity contribution < 1.29 is 48.7 Å². The van der Waals surface area contributed by atoms with E-state index in [-0.39, 0.29) is 50.3 Å². The number of aromatic nitrogens is 1. The first-order valence-corrected chi connectivity index (χ1v) is 20.9. The predicted octanol–water partition coefficient (Wildman–Crippen LogP) is 7.59. The molecule has 1 aromatic heterocycles. The first-order valence-electron chi connectivity index (χ1n) is 20.1. The van der Waals surface area contributed by atoms with Crippen LogP contribution in [-0.2, 0) is 23.8 Å². The number of benzene rings is 3. The summed E-state index contributed by atoms with van der Waals surface area (Å²) in [7, 11) is 1.46. The largest absolute Gasteiger partial charge is 0.505 e. The summed E-state index contributed by atoms with van der Waals surface area (Å²) in [6, 6.07) is 5.80. The number of ketones is 1. The Bertz CT molecular complexity index is 2540. The van der Waals surface area contributed by atoms with Crippen molar-refractivity contribution in [3.05, 3.63) is 81.3 Å². The average Bonchev–Trinajstić information content (AvgIpc) is 3.47. The number of anilines is 1. The number of carbonyl (C=O) groups is 3. The van der Waals surface area contributed by atoms with Crippen molar-refractivity contribution in [2.24, 2.45) is 23.7 Å². The molecule has 13 nitrogen and oxygen atoms in total. The molecule has 0 radical (unpaired) electrons. The molecule has 3 aromatic carbocycles. The molecular formula is C46H54N2O11S. The summed E-state index contributed by atoms with van der Waals surface area (Å²) >= 11 is 1.25. The van der Waals surface area contributed by atoms with Crippen molar-refractivity contribution in [3.8, 4) is 11.5 Å². The lowest BCUT2D eigenvalue weighted by Crippen LogP contribution is -2.46. The smallest absolute Gasteiger partial charge is 0.312 e. The van der Waals surface area contributed by atoms with Crippen LogP contribution in [0.4, 0.5) is 5.69 Å². The molecule has 60 heavy (non-hydrogen) atoms. The van der Waals surface area contributed by atoms with E-state index in [1.807, 2.05) is 18.2 Å². The fourth-order valence-electron chi connectivity index (χ4n) is 8.18. The number of carbonyl (C=O) groups excluding carboxylic acids is 3. The molecule has 320 valence electrons. The molecule has 9 atom stereocenters. The Morgan fingerprint density at radius 1 is 1.00 bits per heavy atom. The minimum Gasteiger partial charge on any atom is -0.505 e. The zero-order valence-corrected chi connectivity index (χ0v) is 36.6. The summed E-state index contributed by atoms with van der Waals surface area (Å²) in [5, 5.41) is 37.7. The van der Waals surface area contributed by atoms with E-state index >= 15 is 0 Å². The SMILES string of the molecule is CO[C@H]1/C=C/O[C@@]2(C)Oc3c(C)c(=O)c4c(O)c(c5sc6cc(C(C)C)ccc6nc5c4c3C2=O)NC(=O)/C(C)=C\C=C\[C@H](C)[C@H](O)[C@@H](C)[C@@H](O)[C@@H](C)[C@H](OC(C)=O)[C@@H]1C. The number of aromatic hydroxyl groups is 1. The van der Waals surface area contributed by atoms with Gasteiger partial charge in [0.05, 0.1) is 56.0 Å². The van der Waals surface area contributed by atoms with E-state index in [9.17, 15) is 34.5 Å². The number of aliphatic hydroxyl groups is 2. The van der Waals surface area contributed by atoms with Gasteiger partial charge in [-0.15, -0.1) is 11.3 Å². The lowest BCUT2D eigenvalue weighted by Gasteiger charge is -2.38. The van der Waals surface area contributed by atoms with E-state index in [0.717, 1.165) is 10.3 Å². The fraction of sp³-hybridized carbons (Fsp3) is 0.457. The molecule has 0 saturated carbocycles. The number of hydrogen-bond donors (Lipinski definition) is 4. The van der Waals surface area contributed by atoms with E-state index in [1.165, 1.54) is 51.6 Å². The topological polar surface area (TPSA) is 191 Å². The van der Waals surface area contributed by atoms with Gasteiger partial charge in [-0.1, -0.05) is 65.8 Å². The number of fused-ring (bicyclic) bond motifs is 2. The highest BCUT2D eigenvalue weighted by atomic mass is 32.1.